The maximum absolute atomic E-state index is 13.0. The second-order valence-electron chi connectivity index (χ2n) is 7.88. The van der Waals surface area contributed by atoms with Gasteiger partial charge in [-0.05, 0) is 79.8 Å². The summed E-state index contributed by atoms with van der Waals surface area (Å²) >= 11 is 6.08. The Morgan fingerprint density at radius 3 is 2.59 bits per heavy atom. The first kappa shape index (κ1) is 20.2. The Morgan fingerprint density at radius 2 is 1.90 bits per heavy atom. The van der Waals surface area contributed by atoms with Crippen molar-refractivity contribution in [1.82, 2.24) is 15.0 Å². The molecule has 0 saturated heterocycles. The molecular weight excluding hydrogens is 399 g/mol. The van der Waals surface area contributed by atoms with Crippen molar-refractivity contribution in [3.05, 3.63) is 58.6 Å². The lowest BCUT2D eigenvalue weighted by Gasteiger charge is -2.33. The normalized spacial score (nSPS) is 21.4. The molecule has 3 nitrogen and oxygen atoms in total. The van der Waals surface area contributed by atoms with Crippen molar-refractivity contribution in [3.63, 3.8) is 0 Å². The second kappa shape index (κ2) is 7.98. The van der Waals surface area contributed by atoms with Crippen molar-refractivity contribution in [2.24, 2.45) is 5.92 Å². The summed E-state index contributed by atoms with van der Waals surface area (Å²) in [5, 5.41) is 0.678. The summed E-state index contributed by atoms with van der Waals surface area (Å²) in [6.45, 7) is 2.16. The summed E-state index contributed by atoms with van der Waals surface area (Å²) in [7, 11) is 0. The minimum absolute atomic E-state index is 0.155. The second-order valence-corrected chi connectivity index (χ2v) is 8.32. The average molecular weight is 422 g/mol. The fraction of sp³-hybridized carbons (Fsp3) is 0.455. The highest BCUT2D eigenvalue weighted by Gasteiger charge is 2.34. The summed E-state index contributed by atoms with van der Waals surface area (Å²) in [5.74, 6) is 1.92. The number of pyridine rings is 1. The van der Waals surface area contributed by atoms with Crippen LogP contribution in [0.3, 0.4) is 0 Å². The van der Waals surface area contributed by atoms with Crippen molar-refractivity contribution >= 4 is 22.6 Å². The molecule has 0 aliphatic heterocycles. The van der Waals surface area contributed by atoms with E-state index in [1.807, 2.05) is 18.2 Å². The third-order valence-electron chi connectivity index (χ3n) is 6.14. The van der Waals surface area contributed by atoms with Gasteiger partial charge in [0.15, 0.2) is 0 Å². The SMILES string of the molecule is CC[C@@H](c1nc2ccc(Cl)cc2[nH]1)[C@H]1CC[C@H](c2ccnc(C(F)(F)F)c2)CC1. The molecule has 2 aromatic heterocycles. The Hall–Kier alpha value is -2.08. The van der Waals surface area contributed by atoms with Crippen molar-refractivity contribution in [2.75, 3.05) is 0 Å². The summed E-state index contributed by atoms with van der Waals surface area (Å²) in [5.41, 5.74) is 1.80. The number of H-pyrrole nitrogens is 1. The third-order valence-corrected chi connectivity index (χ3v) is 6.38. The maximum Gasteiger partial charge on any atom is 0.433 e. The van der Waals surface area contributed by atoms with Crippen LogP contribution in [0.4, 0.5) is 13.2 Å². The molecule has 0 unspecified atom stereocenters. The number of hydrogen-bond acceptors (Lipinski definition) is 2. The van der Waals surface area contributed by atoms with Gasteiger partial charge >= 0.3 is 6.18 Å². The Kier molecular flexibility index (Phi) is 5.56. The molecule has 154 valence electrons. The summed E-state index contributed by atoms with van der Waals surface area (Å²) < 4.78 is 38.9. The molecule has 1 atom stereocenters. The molecule has 29 heavy (non-hydrogen) atoms. The van der Waals surface area contributed by atoms with Crippen LogP contribution in [0.25, 0.3) is 11.0 Å². The van der Waals surface area contributed by atoms with Crippen molar-refractivity contribution < 1.29 is 13.2 Å². The number of rotatable bonds is 4. The van der Waals surface area contributed by atoms with E-state index in [-0.39, 0.29) is 5.92 Å². The minimum Gasteiger partial charge on any atom is -0.342 e. The van der Waals surface area contributed by atoms with Crippen LogP contribution in [0.2, 0.25) is 5.02 Å². The molecule has 1 saturated carbocycles. The standard InChI is InChI=1S/C22H23ClF3N3/c1-2-17(21-28-18-8-7-16(23)12-19(18)29-21)14-5-3-13(4-6-14)15-9-10-27-20(11-15)22(24,25)26/h7-14,17H,2-6H2,1H3,(H,28,29)/t13-,14-,17-/m1/s1. The molecule has 4 rings (SSSR count). The quantitative estimate of drug-likeness (QED) is 0.488. The first-order chi connectivity index (χ1) is 13.8. The first-order valence-electron chi connectivity index (χ1n) is 10.0. The van der Waals surface area contributed by atoms with Gasteiger partial charge in [0.2, 0.25) is 0 Å². The Labute approximate surface area is 172 Å². The Morgan fingerprint density at radius 1 is 1.14 bits per heavy atom. The van der Waals surface area contributed by atoms with Crippen LogP contribution in [0, 0.1) is 5.92 Å². The topological polar surface area (TPSA) is 41.6 Å². The highest BCUT2D eigenvalue weighted by molar-refractivity contribution is 6.31. The molecule has 0 radical (unpaired) electrons. The fourth-order valence-electron chi connectivity index (χ4n) is 4.64. The highest BCUT2D eigenvalue weighted by atomic mass is 35.5. The largest absolute Gasteiger partial charge is 0.433 e. The van der Waals surface area contributed by atoms with E-state index in [0.29, 0.717) is 16.9 Å². The number of nitrogens with zero attached hydrogens (tertiary/aromatic N) is 2. The van der Waals surface area contributed by atoms with Gasteiger partial charge in [0.1, 0.15) is 11.5 Å². The first-order valence-corrected chi connectivity index (χ1v) is 10.4. The van der Waals surface area contributed by atoms with Gasteiger partial charge in [-0.25, -0.2) is 4.98 Å². The number of halogens is 4. The smallest absolute Gasteiger partial charge is 0.342 e. The number of imidazole rings is 1. The molecule has 0 amide bonds. The zero-order chi connectivity index (χ0) is 20.6. The van der Waals surface area contributed by atoms with Crippen LogP contribution >= 0.6 is 11.6 Å². The number of hydrogen-bond donors (Lipinski definition) is 1. The van der Waals surface area contributed by atoms with Gasteiger partial charge in [-0.15, -0.1) is 0 Å². The van der Waals surface area contributed by atoms with Gasteiger partial charge in [-0.2, -0.15) is 13.2 Å². The van der Waals surface area contributed by atoms with E-state index < -0.39 is 11.9 Å². The number of aromatic amines is 1. The molecular formula is C22H23ClF3N3. The number of nitrogens with one attached hydrogen (secondary N) is 1. The molecule has 1 aliphatic carbocycles. The van der Waals surface area contributed by atoms with Crippen LogP contribution in [0.15, 0.2) is 36.5 Å². The van der Waals surface area contributed by atoms with Gasteiger partial charge < -0.3 is 4.98 Å². The minimum atomic E-state index is -4.40. The highest BCUT2D eigenvalue weighted by Crippen LogP contribution is 2.43. The van der Waals surface area contributed by atoms with Gasteiger partial charge in [-0.3, -0.25) is 4.98 Å². The summed E-state index contributed by atoms with van der Waals surface area (Å²) in [4.78, 5) is 11.7. The van der Waals surface area contributed by atoms with Crippen molar-refractivity contribution in [1.29, 1.82) is 0 Å². The van der Waals surface area contributed by atoms with E-state index in [0.717, 1.165) is 54.5 Å². The Bertz CT molecular complexity index is 990. The lowest BCUT2D eigenvalue weighted by atomic mass is 9.73. The molecule has 2 heterocycles. The molecule has 0 spiro atoms. The number of alkyl halides is 3. The molecule has 3 aromatic rings. The summed E-state index contributed by atoms with van der Waals surface area (Å²) in [6, 6.07) is 8.58. The zero-order valence-electron chi connectivity index (χ0n) is 16.1. The zero-order valence-corrected chi connectivity index (χ0v) is 16.9. The maximum atomic E-state index is 13.0. The molecule has 1 fully saturated rings. The van der Waals surface area contributed by atoms with Crippen molar-refractivity contribution in [2.45, 2.75) is 57.0 Å². The van der Waals surface area contributed by atoms with E-state index in [2.05, 4.69) is 16.9 Å². The molecule has 1 N–H and O–H groups in total. The van der Waals surface area contributed by atoms with E-state index >= 15 is 0 Å². The lowest BCUT2D eigenvalue weighted by molar-refractivity contribution is -0.141. The van der Waals surface area contributed by atoms with E-state index in [4.69, 9.17) is 16.6 Å². The Balaban J connectivity index is 1.48. The summed E-state index contributed by atoms with van der Waals surface area (Å²) in [6.07, 6.45) is 1.57. The molecule has 1 aliphatic rings. The van der Waals surface area contributed by atoms with Crippen molar-refractivity contribution in [3.8, 4) is 0 Å². The number of fused-ring (bicyclic) bond motifs is 1. The predicted molar refractivity (Wildman–Crippen MR) is 108 cm³/mol. The molecule has 7 heteroatoms. The van der Waals surface area contributed by atoms with Crippen LogP contribution in [-0.4, -0.2) is 15.0 Å². The molecule has 0 bridgehead atoms. The average Bonchev–Trinajstić information content (AvgIpc) is 3.11. The van der Waals surface area contributed by atoms with Crippen LogP contribution in [0.5, 0.6) is 0 Å². The number of benzene rings is 1. The van der Waals surface area contributed by atoms with Gasteiger partial charge in [0.05, 0.1) is 11.0 Å². The van der Waals surface area contributed by atoms with E-state index in [9.17, 15) is 13.2 Å². The lowest BCUT2D eigenvalue weighted by Crippen LogP contribution is -2.21. The monoisotopic (exact) mass is 421 g/mol. The van der Waals surface area contributed by atoms with Crippen LogP contribution in [-0.2, 0) is 6.18 Å². The van der Waals surface area contributed by atoms with Gasteiger partial charge in [0, 0.05) is 17.1 Å². The van der Waals surface area contributed by atoms with E-state index in [1.165, 1.54) is 12.3 Å². The van der Waals surface area contributed by atoms with Gasteiger partial charge in [0.25, 0.3) is 0 Å². The van der Waals surface area contributed by atoms with Crippen LogP contribution < -0.4 is 0 Å². The third kappa shape index (κ3) is 4.27. The van der Waals surface area contributed by atoms with Gasteiger partial charge in [-0.1, -0.05) is 18.5 Å². The van der Waals surface area contributed by atoms with E-state index in [1.54, 1.807) is 6.07 Å². The van der Waals surface area contributed by atoms with Crippen LogP contribution in [0.1, 0.15) is 67.9 Å². The number of aromatic nitrogens is 3. The molecule has 1 aromatic carbocycles. The fourth-order valence-corrected chi connectivity index (χ4v) is 4.81. The predicted octanol–water partition coefficient (Wildman–Crippen LogP) is 7.10.